The highest BCUT2D eigenvalue weighted by molar-refractivity contribution is 5.93. The Bertz CT molecular complexity index is 756. The van der Waals surface area contributed by atoms with E-state index in [1.54, 1.807) is 23.7 Å². The summed E-state index contributed by atoms with van der Waals surface area (Å²) in [7, 11) is 0. The molecule has 0 aromatic heterocycles. The second kappa shape index (κ2) is 6.24. The SMILES string of the molecule is CC1(C)CCN(Cc2ccc(C(=O)NO)cc2)c2ccc(F)cc21. The van der Waals surface area contributed by atoms with E-state index in [2.05, 4.69) is 18.7 Å². The van der Waals surface area contributed by atoms with E-state index in [9.17, 15) is 9.18 Å². The third kappa shape index (κ3) is 3.12. The summed E-state index contributed by atoms with van der Waals surface area (Å²) in [6, 6.07) is 12.1. The largest absolute Gasteiger partial charge is 0.367 e. The first-order valence-corrected chi connectivity index (χ1v) is 7.99. The standard InChI is InChI=1S/C19H21FN2O2/c1-19(2)9-10-22(17-8-7-15(20)11-16(17)19)12-13-3-5-14(6-4-13)18(23)21-24/h3-8,11,24H,9-10,12H2,1-2H3,(H,21,23). The van der Waals surface area contributed by atoms with Gasteiger partial charge in [0.25, 0.3) is 5.91 Å². The van der Waals surface area contributed by atoms with Crippen LogP contribution >= 0.6 is 0 Å². The van der Waals surface area contributed by atoms with Gasteiger partial charge in [0.05, 0.1) is 0 Å². The Balaban J connectivity index is 1.85. The summed E-state index contributed by atoms with van der Waals surface area (Å²) >= 11 is 0. The molecule has 2 N–H and O–H groups in total. The quantitative estimate of drug-likeness (QED) is 0.668. The molecule has 4 nitrogen and oxygen atoms in total. The van der Waals surface area contributed by atoms with Crippen LogP contribution < -0.4 is 10.4 Å². The summed E-state index contributed by atoms with van der Waals surface area (Å²) in [6.45, 7) is 5.87. The second-order valence-corrected chi connectivity index (χ2v) is 6.85. The van der Waals surface area contributed by atoms with Gasteiger partial charge in [-0.25, -0.2) is 9.87 Å². The molecule has 0 saturated carbocycles. The number of hydrogen-bond donors (Lipinski definition) is 2. The first-order valence-electron chi connectivity index (χ1n) is 7.99. The molecule has 0 unspecified atom stereocenters. The zero-order chi connectivity index (χ0) is 17.3. The number of hydrogen-bond acceptors (Lipinski definition) is 3. The summed E-state index contributed by atoms with van der Waals surface area (Å²) in [5.74, 6) is -0.731. The van der Waals surface area contributed by atoms with Gasteiger partial charge in [0.15, 0.2) is 0 Å². The van der Waals surface area contributed by atoms with Crippen molar-refractivity contribution in [3.05, 3.63) is 65.0 Å². The van der Waals surface area contributed by atoms with E-state index in [1.807, 2.05) is 18.2 Å². The maximum Gasteiger partial charge on any atom is 0.274 e. The van der Waals surface area contributed by atoms with Crippen molar-refractivity contribution in [3.8, 4) is 0 Å². The fourth-order valence-corrected chi connectivity index (χ4v) is 3.21. The predicted molar refractivity (Wildman–Crippen MR) is 90.8 cm³/mol. The monoisotopic (exact) mass is 328 g/mol. The van der Waals surface area contributed by atoms with Gasteiger partial charge in [-0.2, -0.15) is 0 Å². The predicted octanol–water partition coefficient (Wildman–Crippen LogP) is 3.63. The lowest BCUT2D eigenvalue weighted by atomic mass is 9.77. The number of anilines is 1. The minimum absolute atomic E-state index is 0.0446. The highest BCUT2D eigenvalue weighted by Crippen LogP contribution is 2.40. The highest BCUT2D eigenvalue weighted by Gasteiger charge is 2.31. The smallest absolute Gasteiger partial charge is 0.274 e. The van der Waals surface area contributed by atoms with E-state index in [0.717, 1.165) is 29.8 Å². The Kier molecular flexibility index (Phi) is 4.28. The number of halogens is 1. The molecule has 0 fully saturated rings. The fraction of sp³-hybridized carbons (Fsp3) is 0.316. The van der Waals surface area contributed by atoms with Crippen LogP contribution in [-0.2, 0) is 12.0 Å². The number of rotatable bonds is 3. The van der Waals surface area contributed by atoms with Crippen molar-refractivity contribution in [3.63, 3.8) is 0 Å². The topological polar surface area (TPSA) is 52.6 Å². The summed E-state index contributed by atoms with van der Waals surface area (Å²) < 4.78 is 13.7. The van der Waals surface area contributed by atoms with Gasteiger partial charge in [-0.1, -0.05) is 26.0 Å². The minimum atomic E-state index is -0.526. The molecule has 1 aliphatic rings. The zero-order valence-electron chi connectivity index (χ0n) is 13.8. The number of amides is 1. The maximum atomic E-state index is 13.7. The van der Waals surface area contributed by atoms with E-state index < -0.39 is 5.91 Å². The van der Waals surface area contributed by atoms with Gasteiger partial charge in [-0.3, -0.25) is 10.0 Å². The first kappa shape index (κ1) is 16.5. The van der Waals surface area contributed by atoms with Crippen LogP contribution in [0.25, 0.3) is 0 Å². The number of benzene rings is 2. The molecule has 0 bridgehead atoms. The molecule has 24 heavy (non-hydrogen) atoms. The maximum absolute atomic E-state index is 13.7. The van der Waals surface area contributed by atoms with E-state index in [4.69, 9.17) is 5.21 Å². The number of nitrogens with one attached hydrogen (secondary N) is 1. The molecule has 0 saturated heterocycles. The lowest BCUT2D eigenvalue weighted by molar-refractivity contribution is 0.0706. The fourth-order valence-electron chi connectivity index (χ4n) is 3.21. The van der Waals surface area contributed by atoms with Crippen molar-refractivity contribution in [2.24, 2.45) is 0 Å². The molecular weight excluding hydrogens is 307 g/mol. The molecule has 5 heteroatoms. The van der Waals surface area contributed by atoms with Crippen LogP contribution in [0.5, 0.6) is 0 Å². The molecule has 0 aliphatic carbocycles. The molecule has 1 heterocycles. The van der Waals surface area contributed by atoms with E-state index in [1.165, 1.54) is 6.07 Å². The Morgan fingerprint density at radius 2 is 1.96 bits per heavy atom. The lowest BCUT2D eigenvalue weighted by Gasteiger charge is -2.40. The van der Waals surface area contributed by atoms with Crippen LogP contribution in [0.4, 0.5) is 10.1 Å². The zero-order valence-corrected chi connectivity index (χ0v) is 13.8. The number of carbonyl (C=O) groups excluding carboxylic acids is 1. The number of hydroxylamine groups is 1. The normalized spacial score (nSPS) is 15.8. The van der Waals surface area contributed by atoms with E-state index in [0.29, 0.717) is 12.1 Å². The van der Waals surface area contributed by atoms with Crippen molar-refractivity contribution >= 4 is 11.6 Å². The van der Waals surface area contributed by atoms with Gasteiger partial charge in [0, 0.05) is 24.3 Å². The van der Waals surface area contributed by atoms with E-state index in [-0.39, 0.29) is 11.2 Å². The molecule has 3 rings (SSSR count). The Hall–Kier alpha value is -2.40. The molecule has 2 aromatic rings. The van der Waals surface area contributed by atoms with Crippen molar-refractivity contribution < 1.29 is 14.4 Å². The average Bonchev–Trinajstić information content (AvgIpc) is 2.58. The summed E-state index contributed by atoms with van der Waals surface area (Å²) in [6.07, 6.45) is 0.953. The summed E-state index contributed by atoms with van der Waals surface area (Å²) in [4.78, 5) is 13.6. The van der Waals surface area contributed by atoms with Gasteiger partial charge in [-0.05, 0) is 53.3 Å². The van der Waals surface area contributed by atoms with Crippen molar-refractivity contribution in [1.29, 1.82) is 0 Å². The van der Waals surface area contributed by atoms with Gasteiger partial charge in [0.2, 0.25) is 0 Å². The van der Waals surface area contributed by atoms with Crippen LogP contribution in [0.15, 0.2) is 42.5 Å². The molecule has 0 atom stereocenters. The van der Waals surface area contributed by atoms with Crippen LogP contribution in [0.1, 0.15) is 41.8 Å². The van der Waals surface area contributed by atoms with Gasteiger partial charge >= 0.3 is 0 Å². The minimum Gasteiger partial charge on any atom is -0.367 e. The van der Waals surface area contributed by atoms with Crippen molar-refractivity contribution in [2.45, 2.75) is 32.2 Å². The third-order valence-corrected chi connectivity index (χ3v) is 4.73. The second-order valence-electron chi connectivity index (χ2n) is 6.85. The van der Waals surface area contributed by atoms with Crippen LogP contribution in [0, 0.1) is 5.82 Å². The molecule has 126 valence electrons. The summed E-state index contributed by atoms with van der Waals surface area (Å²) in [5.41, 5.74) is 5.13. The Morgan fingerprint density at radius 1 is 1.25 bits per heavy atom. The molecule has 0 spiro atoms. The van der Waals surface area contributed by atoms with Gasteiger partial charge in [0.1, 0.15) is 5.82 Å². The van der Waals surface area contributed by atoms with Crippen LogP contribution in [-0.4, -0.2) is 17.7 Å². The van der Waals surface area contributed by atoms with Crippen LogP contribution in [0.2, 0.25) is 0 Å². The average molecular weight is 328 g/mol. The Labute approximate surface area is 140 Å². The van der Waals surface area contributed by atoms with Gasteiger partial charge in [-0.15, -0.1) is 0 Å². The van der Waals surface area contributed by atoms with Crippen molar-refractivity contribution in [1.82, 2.24) is 5.48 Å². The number of fused-ring (bicyclic) bond motifs is 1. The van der Waals surface area contributed by atoms with Crippen LogP contribution in [0.3, 0.4) is 0 Å². The highest BCUT2D eigenvalue weighted by atomic mass is 19.1. The first-order chi connectivity index (χ1) is 11.4. The number of nitrogens with zero attached hydrogens (tertiary/aromatic N) is 1. The number of carbonyl (C=O) groups is 1. The van der Waals surface area contributed by atoms with E-state index >= 15 is 0 Å². The molecule has 1 aliphatic heterocycles. The van der Waals surface area contributed by atoms with Crippen molar-refractivity contribution in [2.75, 3.05) is 11.4 Å². The van der Waals surface area contributed by atoms with Gasteiger partial charge < -0.3 is 4.90 Å². The Morgan fingerprint density at radius 3 is 2.62 bits per heavy atom. The lowest BCUT2D eigenvalue weighted by Crippen LogP contribution is -2.37. The summed E-state index contributed by atoms with van der Waals surface area (Å²) in [5, 5.41) is 8.66. The molecule has 1 amide bonds. The molecule has 2 aromatic carbocycles. The molecular formula is C19H21FN2O2. The molecule has 0 radical (unpaired) electrons. The third-order valence-electron chi connectivity index (χ3n) is 4.73.